The van der Waals surface area contributed by atoms with Crippen LogP contribution in [0, 0.1) is 12.7 Å². The van der Waals surface area contributed by atoms with E-state index in [2.05, 4.69) is 0 Å². The van der Waals surface area contributed by atoms with E-state index in [1.165, 1.54) is 12.1 Å². The van der Waals surface area contributed by atoms with Crippen LogP contribution in [0.2, 0.25) is 0 Å². The first-order valence-corrected chi connectivity index (χ1v) is 13.3. The molecule has 0 radical (unpaired) electrons. The molecule has 4 aromatic carbocycles. The summed E-state index contributed by atoms with van der Waals surface area (Å²) >= 11 is 0. The summed E-state index contributed by atoms with van der Waals surface area (Å²) in [5.74, 6) is -0.786. The number of phenolic OH excluding ortho intramolecular Hbond substituents is 1. The van der Waals surface area contributed by atoms with Gasteiger partial charge in [-0.15, -0.1) is 0 Å². The third-order valence-corrected chi connectivity index (χ3v) is 7.61. The first-order chi connectivity index (χ1) is 19.8. The topological polar surface area (TPSA) is 87.2 Å². The number of aryl methyl sites for hydroxylation is 1. The molecule has 0 aliphatic carbocycles. The molecule has 0 spiro atoms. The smallest absolute Gasteiger partial charge is 0.261 e. The molecular weight excluding hydrogens is 523 g/mol. The molecule has 3 amide bonds. The zero-order valence-electron chi connectivity index (χ0n) is 22.4. The summed E-state index contributed by atoms with van der Waals surface area (Å²) in [4.78, 5) is 42.2. The Morgan fingerprint density at radius 2 is 1.61 bits per heavy atom. The monoisotopic (exact) mass is 550 g/mol. The minimum Gasteiger partial charge on any atom is -0.507 e. The van der Waals surface area contributed by atoms with Crippen molar-refractivity contribution < 1.29 is 28.6 Å². The number of benzene rings is 4. The SMILES string of the molecule is Cc1cc(CN2C(=O)c3ccccc3C2=O)cc(C(=O)N2CCc3cc(OCc4ccc(F)cc4)ccc3C2)c1O. The van der Waals surface area contributed by atoms with Gasteiger partial charge in [0.15, 0.2) is 0 Å². The van der Waals surface area contributed by atoms with Gasteiger partial charge in [0.05, 0.1) is 23.2 Å². The van der Waals surface area contributed by atoms with Gasteiger partial charge in [-0.25, -0.2) is 4.39 Å². The number of hydrogen-bond donors (Lipinski definition) is 1. The van der Waals surface area contributed by atoms with Crippen LogP contribution in [0.15, 0.2) is 78.9 Å². The third kappa shape index (κ3) is 5.04. The molecule has 41 heavy (non-hydrogen) atoms. The number of halogens is 1. The predicted octanol–water partition coefficient (Wildman–Crippen LogP) is 5.41. The van der Waals surface area contributed by atoms with Gasteiger partial charge in [-0.2, -0.15) is 0 Å². The van der Waals surface area contributed by atoms with E-state index >= 15 is 0 Å². The second-order valence-electron chi connectivity index (χ2n) is 10.4. The Morgan fingerprint density at radius 3 is 2.32 bits per heavy atom. The van der Waals surface area contributed by atoms with Crippen molar-refractivity contribution in [3.05, 3.63) is 129 Å². The molecule has 8 heteroatoms. The number of nitrogens with zero attached hydrogens (tertiary/aromatic N) is 2. The van der Waals surface area contributed by atoms with Crippen LogP contribution in [0.1, 0.15) is 58.9 Å². The fraction of sp³-hybridized carbons (Fsp3) is 0.182. The molecule has 0 saturated carbocycles. The molecule has 0 aromatic heterocycles. The minimum atomic E-state index is -0.377. The summed E-state index contributed by atoms with van der Waals surface area (Å²) in [6.45, 7) is 2.83. The highest BCUT2D eigenvalue weighted by atomic mass is 19.1. The van der Waals surface area contributed by atoms with Crippen LogP contribution in [-0.4, -0.2) is 39.2 Å². The van der Waals surface area contributed by atoms with Crippen molar-refractivity contribution in [2.24, 2.45) is 0 Å². The minimum absolute atomic E-state index is 0.00270. The van der Waals surface area contributed by atoms with Crippen molar-refractivity contribution in [1.29, 1.82) is 0 Å². The van der Waals surface area contributed by atoms with Gasteiger partial charge in [-0.1, -0.05) is 36.4 Å². The van der Waals surface area contributed by atoms with Crippen molar-refractivity contribution in [2.75, 3.05) is 6.54 Å². The van der Waals surface area contributed by atoms with Crippen LogP contribution in [0.5, 0.6) is 11.5 Å². The maximum Gasteiger partial charge on any atom is 0.261 e. The second-order valence-corrected chi connectivity index (χ2v) is 10.4. The molecule has 4 aromatic rings. The summed E-state index contributed by atoms with van der Waals surface area (Å²) in [6.07, 6.45) is 0.614. The molecule has 2 aliphatic rings. The molecule has 2 heterocycles. The Bertz CT molecular complexity index is 1660. The molecule has 0 unspecified atom stereocenters. The molecule has 0 saturated heterocycles. The van der Waals surface area contributed by atoms with Crippen molar-refractivity contribution >= 4 is 17.7 Å². The quantitative estimate of drug-likeness (QED) is 0.324. The lowest BCUT2D eigenvalue weighted by Gasteiger charge is -2.30. The fourth-order valence-corrected chi connectivity index (χ4v) is 5.38. The van der Waals surface area contributed by atoms with E-state index < -0.39 is 0 Å². The lowest BCUT2D eigenvalue weighted by atomic mass is 9.97. The second kappa shape index (κ2) is 10.5. The van der Waals surface area contributed by atoms with Crippen LogP contribution in [-0.2, 0) is 26.1 Å². The van der Waals surface area contributed by atoms with Gasteiger partial charge < -0.3 is 14.7 Å². The van der Waals surface area contributed by atoms with Gasteiger partial charge in [0.25, 0.3) is 17.7 Å². The number of aromatic hydroxyl groups is 1. The Labute approximate surface area is 236 Å². The maximum atomic E-state index is 13.6. The number of carbonyl (C=O) groups is 3. The summed E-state index contributed by atoms with van der Waals surface area (Å²) < 4.78 is 19.0. The van der Waals surface area contributed by atoms with E-state index in [9.17, 15) is 23.9 Å². The highest BCUT2D eigenvalue weighted by Crippen LogP contribution is 2.31. The number of ether oxygens (including phenoxy) is 1. The lowest BCUT2D eigenvalue weighted by Crippen LogP contribution is -2.36. The van der Waals surface area contributed by atoms with Gasteiger partial charge in [-0.3, -0.25) is 19.3 Å². The maximum absolute atomic E-state index is 13.6. The number of imide groups is 1. The van der Waals surface area contributed by atoms with Crippen molar-refractivity contribution in [3.8, 4) is 11.5 Å². The van der Waals surface area contributed by atoms with E-state index in [1.807, 2.05) is 18.2 Å². The van der Waals surface area contributed by atoms with Crippen molar-refractivity contribution in [1.82, 2.24) is 9.80 Å². The van der Waals surface area contributed by atoms with Crippen LogP contribution in [0.25, 0.3) is 0 Å². The highest BCUT2D eigenvalue weighted by molar-refractivity contribution is 6.21. The van der Waals surface area contributed by atoms with Crippen LogP contribution in [0.3, 0.4) is 0 Å². The molecule has 7 nitrogen and oxygen atoms in total. The number of hydrogen-bond acceptors (Lipinski definition) is 5. The van der Waals surface area contributed by atoms with Crippen LogP contribution >= 0.6 is 0 Å². The lowest BCUT2D eigenvalue weighted by molar-refractivity contribution is 0.0642. The summed E-state index contributed by atoms with van der Waals surface area (Å²) in [6, 6.07) is 21.8. The Morgan fingerprint density at radius 1 is 0.902 bits per heavy atom. The molecule has 206 valence electrons. The zero-order chi connectivity index (χ0) is 28.7. The molecule has 6 rings (SSSR count). The molecule has 0 atom stereocenters. The van der Waals surface area contributed by atoms with Crippen LogP contribution < -0.4 is 4.74 Å². The van der Waals surface area contributed by atoms with Gasteiger partial charge in [0, 0.05) is 13.1 Å². The van der Waals surface area contributed by atoms with E-state index in [-0.39, 0.29) is 41.4 Å². The molecule has 0 fully saturated rings. The normalized spacial score (nSPS) is 14.2. The van der Waals surface area contributed by atoms with E-state index in [1.54, 1.807) is 60.4 Å². The van der Waals surface area contributed by atoms with Gasteiger partial charge >= 0.3 is 0 Å². The van der Waals surface area contributed by atoms with E-state index in [0.29, 0.717) is 54.1 Å². The van der Waals surface area contributed by atoms with E-state index in [0.717, 1.165) is 21.6 Å². The highest BCUT2D eigenvalue weighted by Gasteiger charge is 2.35. The Kier molecular flexibility index (Phi) is 6.75. The zero-order valence-corrected chi connectivity index (χ0v) is 22.4. The fourth-order valence-electron chi connectivity index (χ4n) is 5.38. The number of rotatable bonds is 6. The predicted molar refractivity (Wildman–Crippen MR) is 149 cm³/mol. The molecular formula is C33H27FN2O5. The van der Waals surface area contributed by atoms with Crippen molar-refractivity contribution in [2.45, 2.75) is 33.0 Å². The summed E-state index contributed by atoms with van der Waals surface area (Å²) in [7, 11) is 0. The molecule has 0 bridgehead atoms. The van der Waals surface area contributed by atoms with Gasteiger partial charge in [0.2, 0.25) is 0 Å². The van der Waals surface area contributed by atoms with Gasteiger partial charge in [0.1, 0.15) is 23.9 Å². The standard InChI is InChI=1S/C33H27FN2O5/c1-20-14-22(17-36-32(39)27-4-2-3-5-28(27)33(36)40)15-29(30(20)37)31(38)35-13-12-23-16-26(11-8-24(23)18-35)41-19-21-6-9-25(34)10-7-21/h2-11,14-16,37H,12-13,17-19H2,1H3. The molecule has 1 N–H and O–H groups in total. The Balaban J connectivity index is 1.16. The first-order valence-electron chi connectivity index (χ1n) is 13.3. The number of carbonyl (C=O) groups excluding carboxylic acids is 3. The number of phenols is 1. The first kappa shape index (κ1) is 26.3. The number of fused-ring (bicyclic) bond motifs is 2. The largest absolute Gasteiger partial charge is 0.507 e. The summed E-state index contributed by atoms with van der Waals surface area (Å²) in [5, 5.41) is 10.8. The average Bonchev–Trinajstić information content (AvgIpc) is 3.22. The van der Waals surface area contributed by atoms with E-state index in [4.69, 9.17) is 4.74 Å². The molecule has 2 aliphatic heterocycles. The van der Waals surface area contributed by atoms with Crippen LogP contribution in [0.4, 0.5) is 4.39 Å². The average molecular weight is 551 g/mol. The van der Waals surface area contributed by atoms with Crippen molar-refractivity contribution in [3.63, 3.8) is 0 Å². The van der Waals surface area contributed by atoms with Gasteiger partial charge in [-0.05, 0) is 83.6 Å². The summed E-state index contributed by atoms with van der Waals surface area (Å²) in [5.41, 5.74) is 4.85. The Hall–Kier alpha value is -4.98. The third-order valence-electron chi connectivity index (χ3n) is 7.61. The number of amides is 3.